The molecule has 132 valence electrons. The number of ether oxygens (including phenoxy) is 2. The van der Waals surface area contributed by atoms with E-state index in [0.717, 1.165) is 12.2 Å². The number of rotatable bonds is 4. The van der Waals surface area contributed by atoms with E-state index in [4.69, 9.17) is 0 Å². The molecule has 8 nitrogen and oxygen atoms in total. The van der Waals surface area contributed by atoms with Crippen LogP contribution < -0.4 is 0 Å². The van der Waals surface area contributed by atoms with Crippen LogP contribution in [0.3, 0.4) is 0 Å². The number of dihydropyridines is 2. The summed E-state index contributed by atoms with van der Waals surface area (Å²) in [7, 11) is -1.67. The Bertz CT molecular complexity index is 782. The monoisotopic (exact) mass is 364 g/mol. The third-order valence-electron chi connectivity index (χ3n) is 3.36. The van der Waals surface area contributed by atoms with Gasteiger partial charge < -0.3 is 9.47 Å². The molecule has 2 atom stereocenters. The maximum atomic E-state index is 13.0. The molecular formula is C16H16N2O6S. The molecule has 0 aromatic carbocycles. The third kappa shape index (κ3) is 4.18. The highest BCUT2D eigenvalue weighted by Gasteiger charge is 2.38. The van der Waals surface area contributed by atoms with Gasteiger partial charge in [0.05, 0.1) is 14.2 Å². The fourth-order valence-electron chi connectivity index (χ4n) is 2.20. The number of allylic oxidation sites excluding steroid dienone is 2. The minimum atomic E-state index is -4.04. The van der Waals surface area contributed by atoms with Gasteiger partial charge in [-0.3, -0.25) is 9.98 Å². The maximum absolute atomic E-state index is 13.0. The Hall–Kier alpha value is -2.81. The van der Waals surface area contributed by atoms with Gasteiger partial charge in [0, 0.05) is 24.6 Å². The van der Waals surface area contributed by atoms with E-state index in [-0.39, 0.29) is 11.1 Å². The van der Waals surface area contributed by atoms with Crippen molar-refractivity contribution in [2.75, 3.05) is 14.2 Å². The standard InChI is InChI=1S/C16H16N2O6S/c1-23-13(19)9-11-5-3-7-17-15(11)25(21,22)16-12(6-4-8-18-16)10-14(20)24-2/h3-10,15-16H,1-2H3. The van der Waals surface area contributed by atoms with E-state index in [1.807, 2.05) is 0 Å². The normalized spacial score (nSPS) is 25.4. The molecule has 2 heterocycles. The highest BCUT2D eigenvalue weighted by molar-refractivity contribution is 7.93. The quantitative estimate of drug-likeness (QED) is 0.531. The second kappa shape index (κ2) is 7.84. The number of sulfone groups is 1. The minimum absolute atomic E-state index is 0.150. The Morgan fingerprint density at radius 3 is 1.68 bits per heavy atom. The van der Waals surface area contributed by atoms with Gasteiger partial charge in [-0.25, -0.2) is 18.0 Å². The van der Waals surface area contributed by atoms with Crippen molar-refractivity contribution in [1.29, 1.82) is 0 Å². The molecule has 25 heavy (non-hydrogen) atoms. The first-order valence-electron chi connectivity index (χ1n) is 7.11. The smallest absolute Gasteiger partial charge is 0.330 e. The Balaban J connectivity index is 2.45. The molecule has 0 bridgehead atoms. The van der Waals surface area contributed by atoms with Gasteiger partial charge in [-0.05, 0) is 23.3 Å². The van der Waals surface area contributed by atoms with Crippen LogP contribution in [-0.4, -0.2) is 57.8 Å². The van der Waals surface area contributed by atoms with E-state index in [0.29, 0.717) is 0 Å². The van der Waals surface area contributed by atoms with E-state index in [2.05, 4.69) is 19.5 Å². The summed E-state index contributed by atoms with van der Waals surface area (Å²) in [5.41, 5.74) is 0.299. The van der Waals surface area contributed by atoms with Gasteiger partial charge >= 0.3 is 11.9 Å². The molecule has 0 fully saturated rings. The van der Waals surface area contributed by atoms with E-state index < -0.39 is 32.5 Å². The van der Waals surface area contributed by atoms with Gasteiger partial charge in [-0.15, -0.1) is 0 Å². The zero-order chi connectivity index (χ0) is 18.4. The number of hydrogen-bond acceptors (Lipinski definition) is 8. The first kappa shape index (κ1) is 18.5. The van der Waals surface area contributed by atoms with Crippen LogP contribution in [0.5, 0.6) is 0 Å². The number of aliphatic imine (C=N–C) groups is 2. The Labute approximate surface area is 144 Å². The third-order valence-corrected chi connectivity index (χ3v) is 5.39. The topological polar surface area (TPSA) is 111 Å². The molecule has 0 saturated heterocycles. The molecule has 0 N–H and O–H groups in total. The average Bonchev–Trinajstić information content (AvgIpc) is 2.62. The lowest BCUT2D eigenvalue weighted by Gasteiger charge is -2.23. The first-order valence-corrected chi connectivity index (χ1v) is 8.72. The Kier molecular flexibility index (Phi) is 5.81. The van der Waals surface area contributed by atoms with Crippen LogP contribution in [0.1, 0.15) is 0 Å². The molecule has 0 aromatic heterocycles. The van der Waals surface area contributed by atoms with Gasteiger partial charge in [0.25, 0.3) is 0 Å². The number of hydrogen-bond donors (Lipinski definition) is 0. The lowest BCUT2D eigenvalue weighted by molar-refractivity contribution is -0.135. The molecule has 9 heteroatoms. The summed E-state index contributed by atoms with van der Waals surface area (Å²) in [6, 6.07) is 0. The predicted molar refractivity (Wildman–Crippen MR) is 92.0 cm³/mol. The second-order valence-corrected chi connectivity index (χ2v) is 7.01. The number of methoxy groups -OCH3 is 2. The van der Waals surface area contributed by atoms with Crippen LogP contribution in [0.25, 0.3) is 0 Å². The Morgan fingerprint density at radius 1 is 0.920 bits per heavy atom. The van der Waals surface area contributed by atoms with Crippen molar-refractivity contribution in [2.24, 2.45) is 9.98 Å². The van der Waals surface area contributed by atoms with Crippen LogP contribution >= 0.6 is 0 Å². The molecule has 0 radical (unpaired) electrons. The van der Waals surface area contributed by atoms with Crippen molar-refractivity contribution in [3.8, 4) is 0 Å². The largest absolute Gasteiger partial charge is 0.466 e. The summed E-state index contributed by atoms with van der Waals surface area (Å²) in [6.45, 7) is 0. The van der Waals surface area contributed by atoms with Gasteiger partial charge in [-0.1, -0.05) is 12.2 Å². The van der Waals surface area contributed by atoms with Gasteiger partial charge in [0.15, 0.2) is 10.7 Å². The van der Waals surface area contributed by atoms with Crippen molar-refractivity contribution >= 4 is 34.2 Å². The van der Waals surface area contributed by atoms with Crippen LogP contribution in [0.4, 0.5) is 0 Å². The number of carbonyl (C=O) groups excluding carboxylic acids is 2. The molecule has 0 aromatic rings. The second-order valence-electron chi connectivity index (χ2n) is 4.94. The molecule has 2 unspecified atom stereocenters. The molecule has 2 rings (SSSR count). The zero-order valence-electron chi connectivity index (χ0n) is 13.5. The van der Waals surface area contributed by atoms with E-state index in [9.17, 15) is 18.0 Å². The fraction of sp³-hybridized carbons (Fsp3) is 0.250. The molecule has 0 aliphatic carbocycles. The predicted octanol–water partition coefficient (Wildman–Crippen LogP) is 0.533. The van der Waals surface area contributed by atoms with Gasteiger partial charge in [-0.2, -0.15) is 0 Å². The summed E-state index contributed by atoms with van der Waals surface area (Å²) in [6.07, 6.45) is 10.7. The highest BCUT2D eigenvalue weighted by atomic mass is 32.2. The molecule has 0 amide bonds. The minimum Gasteiger partial charge on any atom is -0.466 e. The van der Waals surface area contributed by atoms with Crippen LogP contribution in [-0.2, 0) is 28.9 Å². The van der Waals surface area contributed by atoms with Crippen molar-refractivity contribution in [1.82, 2.24) is 0 Å². The van der Waals surface area contributed by atoms with E-state index in [1.54, 1.807) is 0 Å². The van der Waals surface area contributed by atoms with Crippen molar-refractivity contribution < 1.29 is 27.5 Å². The maximum Gasteiger partial charge on any atom is 0.330 e. The number of esters is 2. The van der Waals surface area contributed by atoms with Crippen molar-refractivity contribution in [3.05, 3.63) is 47.6 Å². The lowest BCUT2D eigenvalue weighted by atomic mass is 10.2. The lowest BCUT2D eigenvalue weighted by Crippen LogP contribution is -2.34. The summed E-state index contributed by atoms with van der Waals surface area (Å²) < 4.78 is 35.1. The van der Waals surface area contributed by atoms with E-state index >= 15 is 0 Å². The first-order chi connectivity index (χ1) is 11.9. The zero-order valence-corrected chi connectivity index (χ0v) is 14.3. The van der Waals surface area contributed by atoms with E-state index in [1.165, 1.54) is 51.0 Å². The SMILES string of the molecule is COC(=O)C=C1C=CC=NC1S(=O)(=O)C1N=CC=CC1=CC(=O)OC. The van der Waals surface area contributed by atoms with Gasteiger partial charge in [0.2, 0.25) is 9.84 Å². The van der Waals surface area contributed by atoms with Crippen molar-refractivity contribution in [2.45, 2.75) is 10.7 Å². The average molecular weight is 364 g/mol. The summed E-state index contributed by atoms with van der Waals surface area (Å²) >= 11 is 0. The molecule has 2 aliphatic rings. The molecule has 2 aliphatic heterocycles. The molecule has 0 saturated carbocycles. The highest BCUT2D eigenvalue weighted by Crippen LogP contribution is 2.28. The van der Waals surface area contributed by atoms with Crippen LogP contribution in [0.15, 0.2) is 57.6 Å². The number of nitrogens with zero attached hydrogens (tertiary/aromatic N) is 2. The fourth-order valence-corrected chi connectivity index (χ4v) is 3.98. The molecule has 0 spiro atoms. The molecular weight excluding hydrogens is 348 g/mol. The summed E-state index contributed by atoms with van der Waals surface area (Å²) in [5, 5.41) is -2.68. The summed E-state index contributed by atoms with van der Waals surface area (Å²) in [4.78, 5) is 30.9. The van der Waals surface area contributed by atoms with Gasteiger partial charge in [0.1, 0.15) is 0 Å². The summed E-state index contributed by atoms with van der Waals surface area (Å²) in [5.74, 6) is -1.40. The van der Waals surface area contributed by atoms with Crippen LogP contribution in [0, 0.1) is 0 Å². The van der Waals surface area contributed by atoms with Crippen LogP contribution in [0.2, 0.25) is 0 Å². The van der Waals surface area contributed by atoms with Crippen molar-refractivity contribution in [3.63, 3.8) is 0 Å². The Morgan fingerprint density at radius 2 is 1.32 bits per heavy atom. The number of carbonyl (C=O) groups is 2.